The Morgan fingerprint density at radius 1 is 1.55 bits per heavy atom. The summed E-state index contributed by atoms with van der Waals surface area (Å²) < 4.78 is 0. The Kier molecular flexibility index (Phi) is 1.14. The average molecular weight is 150 g/mol. The minimum Gasteiger partial charge on any atom is -0.295 e. The molecule has 0 bridgehead atoms. The van der Waals surface area contributed by atoms with E-state index in [2.05, 4.69) is 19.9 Å². The molecule has 2 aliphatic rings. The van der Waals surface area contributed by atoms with Crippen LogP contribution in [0.3, 0.4) is 0 Å². The largest absolute Gasteiger partial charge is 0.295 e. The maximum absolute atomic E-state index is 11.3. The summed E-state index contributed by atoms with van der Waals surface area (Å²) in [6, 6.07) is 0. The summed E-state index contributed by atoms with van der Waals surface area (Å²) in [5, 5.41) is 0. The zero-order valence-electron chi connectivity index (χ0n) is 7.35. The van der Waals surface area contributed by atoms with E-state index in [0.29, 0.717) is 23.0 Å². The number of Topliss-reactive ketones (excluding diaryl/α,β-unsaturated/α-hetero) is 1. The molecular weight excluding hydrogens is 136 g/mol. The number of hydrogen-bond donors (Lipinski definition) is 0. The van der Waals surface area contributed by atoms with Gasteiger partial charge < -0.3 is 0 Å². The summed E-state index contributed by atoms with van der Waals surface area (Å²) in [6.45, 7) is 6.45. The summed E-state index contributed by atoms with van der Waals surface area (Å²) >= 11 is 0. The number of rotatable bonds is 0. The number of carbonyl (C=O) groups excluding carboxylic acids is 1. The van der Waals surface area contributed by atoms with E-state index in [1.165, 1.54) is 0 Å². The summed E-state index contributed by atoms with van der Waals surface area (Å²) in [6.07, 6.45) is 2.95. The predicted octanol–water partition coefficient (Wildman–Crippen LogP) is 2.18. The van der Waals surface area contributed by atoms with Gasteiger partial charge in [-0.3, -0.25) is 4.79 Å². The highest BCUT2D eigenvalue weighted by molar-refractivity contribution is 5.96. The molecule has 0 spiro atoms. The zero-order valence-corrected chi connectivity index (χ0v) is 7.35. The molecule has 1 fully saturated rings. The Hall–Kier alpha value is -0.590. The van der Waals surface area contributed by atoms with E-state index in [1.54, 1.807) is 0 Å². The van der Waals surface area contributed by atoms with Crippen LogP contribution in [0.25, 0.3) is 0 Å². The first-order chi connectivity index (χ1) is 5.03. The molecule has 1 saturated carbocycles. The van der Waals surface area contributed by atoms with Crippen LogP contribution >= 0.6 is 0 Å². The average Bonchev–Trinajstić information content (AvgIpc) is 2.39. The molecule has 0 radical (unpaired) electrons. The molecule has 0 amide bonds. The summed E-state index contributed by atoms with van der Waals surface area (Å²) in [5.41, 5.74) is 1.39. The van der Waals surface area contributed by atoms with Gasteiger partial charge in [-0.05, 0) is 29.7 Å². The third-order valence-corrected chi connectivity index (χ3v) is 3.41. The fourth-order valence-electron chi connectivity index (χ4n) is 2.23. The molecule has 60 valence electrons. The number of carbonyl (C=O) groups is 1. The highest BCUT2D eigenvalue weighted by Gasteiger charge is 2.58. The van der Waals surface area contributed by atoms with Gasteiger partial charge in [0.25, 0.3) is 0 Å². The van der Waals surface area contributed by atoms with Crippen molar-refractivity contribution in [3.05, 3.63) is 11.6 Å². The molecule has 0 unspecified atom stereocenters. The molecule has 0 heterocycles. The Morgan fingerprint density at radius 3 is 2.73 bits per heavy atom. The third kappa shape index (κ3) is 0.800. The predicted molar refractivity (Wildman–Crippen MR) is 44.1 cm³/mol. The molecule has 0 aromatic rings. The van der Waals surface area contributed by atoms with Crippen LogP contribution in [0.5, 0.6) is 0 Å². The van der Waals surface area contributed by atoms with E-state index in [1.807, 2.05) is 6.92 Å². The zero-order chi connectivity index (χ0) is 8.22. The normalized spacial score (nSPS) is 39.5. The van der Waals surface area contributed by atoms with Crippen LogP contribution in [0.15, 0.2) is 11.6 Å². The molecule has 0 aromatic carbocycles. The van der Waals surface area contributed by atoms with Crippen LogP contribution in [0.4, 0.5) is 0 Å². The first kappa shape index (κ1) is 7.08. The lowest BCUT2D eigenvalue weighted by atomic mass is 10.00. The van der Waals surface area contributed by atoms with Gasteiger partial charge in [0, 0.05) is 6.42 Å². The van der Waals surface area contributed by atoms with Gasteiger partial charge in [-0.25, -0.2) is 0 Å². The summed E-state index contributed by atoms with van der Waals surface area (Å²) in [5.74, 6) is 1.70. The molecule has 11 heavy (non-hydrogen) atoms. The Labute approximate surface area is 67.5 Å². The minimum absolute atomic E-state index is 0.358. The monoisotopic (exact) mass is 150 g/mol. The Morgan fingerprint density at radius 2 is 2.18 bits per heavy atom. The lowest BCUT2D eigenvalue weighted by Crippen LogP contribution is -2.06. The van der Waals surface area contributed by atoms with E-state index in [9.17, 15) is 4.79 Å². The van der Waals surface area contributed by atoms with Crippen molar-refractivity contribution in [1.82, 2.24) is 0 Å². The second kappa shape index (κ2) is 1.77. The maximum Gasteiger partial charge on any atom is 0.158 e. The third-order valence-electron chi connectivity index (χ3n) is 3.41. The second-order valence-electron chi connectivity index (χ2n) is 4.43. The number of ketones is 1. The molecule has 1 heteroatoms. The van der Waals surface area contributed by atoms with E-state index in [-0.39, 0.29) is 0 Å². The number of fused-ring (bicyclic) bond motifs is 1. The standard InChI is InChI=1S/C10H14O/c1-6-4-7-8(5-9(6)11)10(7,2)3/h4,7-8H,5H2,1-3H3/t7-,8+/m1/s1. The summed E-state index contributed by atoms with van der Waals surface area (Å²) in [4.78, 5) is 11.3. The molecule has 0 N–H and O–H groups in total. The van der Waals surface area contributed by atoms with Crippen LogP contribution in [-0.4, -0.2) is 5.78 Å². The van der Waals surface area contributed by atoms with E-state index in [4.69, 9.17) is 0 Å². The van der Waals surface area contributed by atoms with Gasteiger partial charge in [0.15, 0.2) is 5.78 Å². The highest BCUT2D eigenvalue weighted by atomic mass is 16.1. The van der Waals surface area contributed by atoms with Crippen molar-refractivity contribution >= 4 is 5.78 Å². The van der Waals surface area contributed by atoms with Crippen molar-refractivity contribution in [2.45, 2.75) is 27.2 Å². The molecule has 2 aliphatic carbocycles. The smallest absolute Gasteiger partial charge is 0.158 e. The summed E-state index contributed by atoms with van der Waals surface area (Å²) in [7, 11) is 0. The fourth-order valence-corrected chi connectivity index (χ4v) is 2.23. The van der Waals surface area contributed by atoms with E-state index < -0.39 is 0 Å². The lowest BCUT2D eigenvalue weighted by molar-refractivity contribution is -0.116. The molecule has 0 saturated heterocycles. The van der Waals surface area contributed by atoms with Gasteiger partial charge in [0.1, 0.15) is 0 Å². The minimum atomic E-state index is 0.358. The van der Waals surface area contributed by atoms with Gasteiger partial charge in [-0.2, -0.15) is 0 Å². The number of allylic oxidation sites excluding steroid dienone is 2. The van der Waals surface area contributed by atoms with Crippen molar-refractivity contribution in [2.24, 2.45) is 17.3 Å². The number of hydrogen-bond acceptors (Lipinski definition) is 1. The van der Waals surface area contributed by atoms with Crippen molar-refractivity contribution in [3.63, 3.8) is 0 Å². The lowest BCUT2D eigenvalue weighted by Gasteiger charge is -2.04. The van der Waals surface area contributed by atoms with Crippen molar-refractivity contribution < 1.29 is 4.79 Å². The van der Waals surface area contributed by atoms with Gasteiger partial charge in [0.05, 0.1) is 0 Å². The molecule has 0 aliphatic heterocycles. The van der Waals surface area contributed by atoms with E-state index >= 15 is 0 Å². The SMILES string of the molecule is CC1=C[C@@H]2[C@H](CC1=O)C2(C)C. The van der Waals surface area contributed by atoms with Gasteiger partial charge in [-0.1, -0.05) is 19.9 Å². The van der Waals surface area contributed by atoms with Crippen LogP contribution in [0, 0.1) is 17.3 Å². The molecular formula is C10H14O. The van der Waals surface area contributed by atoms with Gasteiger partial charge in [-0.15, -0.1) is 0 Å². The van der Waals surface area contributed by atoms with Crippen LogP contribution in [0.2, 0.25) is 0 Å². The maximum atomic E-state index is 11.3. The Bertz CT molecular complexity index is 248. The molecule has 1 nitrogen and oxygen atoms in total. The second-order valence-corrected chi connectivity index (χ2v) is 4.43. The highest BCUT2D eigenvalue weighted by Crippen LogP contribution is 2.62. The van der Waals surface area contributed by atoms with E-state index in [0.717, 1.165) is 12.0 Å². The molecule has 2 atom stereocenters. The van der Waals surface area contributed by atoms with Crippen molar-refractivity contribution in [3.8, 4) is 0 Å². The van der Waals surface area contributed by atoms with Crippen LogP contribution in [0.1, 0.15) is 27.2 Å². The molecule has 2 rings (SSSR count). The first-order valence-corrected chi connectivity index (χ1v) is 4.25. The quantitative estimate of drug-likeness (QED) is 0.517. The van der Waals surface area contributed by atoms with Crippen LogP contribution in [-0.2, 0) is 4.79 Å². The first-order valence-electron chi connectivity index (χ1n) is 4.25. The Balaban J connectivity index is 2.28. The topological polar surface area (TPSA) is 17.1 Å². The van der Waals surface area contributed by atoms with Gasteiger partial charge in [0.2, 0.25) is 0 Å². The van der Waals surface area contributed by atoms with Crippen molar-refractivity contribution in [1.29, 1.82) is 0 Å². The van der Waals surface area contributed by atoms with Crippen molar-refractivity contribution in [2.75, 3.05) is 0 Å². The fraction of sp³-hybridized carbons (Fsp3) is 0.700. The molecule has 0 aromatic heterocycles. The van der Waals surface area contributed by atoms with Gasteiger partial charge >= 0.3 is 0 Å². The van der Waals surface area contributed by atoms with Crippen LogP contribution < -0.4 is 0 Å².